The molecule has 26 heavy (non-hydrogen) atoms. The number of nitrogens with zero attached hydrogens (tertiary/aromatic N) is 3. The predicted octanol–water partition coefficient (Wildman–Crippen LogP) is 2.50. The van der Waals surface area contributed by atoms with Gasteiger partial charge in [-0.15, -0.1) is 0 Å². The maximum atomic E-state index is 6.37. The highest BCUT2D eigenvalue weighted by Gasteiger charge is 2.41. The third-order valence-corrected chi connectivity index (χ3v) is 5.82. The fraction of sp³-hybridized carbons (Fsp3) is 0.550. The molecule has 140 valence electrons. The second kappa shape index (κ2) is 6.93. The lowest BCUT2D eigenvalue weighted by molar-refractivity contribution is -0.0992. The molecule has 0 saturated carbocycles. The fourth-order valence-corrected chi connectivity index (χ4v) is 4.26. The van der Waals surface area contributed by atoms with E-state index in [2.05, 4.69) is 28.2 Å². The Balaban J connectivity index is 1.55. The second-order valence-corrected chi connectivity index (χ2v) is 7.18. The summed E-state index contributed by atoms with van der Waals surface area (Å²) in [7, 11) is 5.38. The Morgan fingerprint density at radius 2 is 1.88 bits per heavy atom. The molecule has 1 aromatic carbocycles. The SMILES string of the molecule is COc1cc2c(cc1OC)C1(CCN(Cc3ccnn3C)CC1)OCC2. The molecule has 0 bridgehead atoms. The van der Waals surface area contributed by atoms with E-state index >= 15 is 0 Å². The van der Waals surface area contributed by atoms with Crippen molar-refractivity contribution < 1.29 is 14.2 Å². The highest BCUT2D eigenvalue weighted by atomic mass is 16.5. The highest BCUT2D eigenvalue weighted by Crippen LogP contribution is 2.45. The minimum Gasteiger partial charge on any atom is -0.493 e. The fourth-order valence-electron chi connectivity index (χ4n) is 4.26. The van der Waals surface area contributed by atoms with Crippen LogP contribution in [0.15, 0.2) is 24.4 Å². The third kappa shape index (κ3) is 2.97. The number of likely N-dealkylation sites (tertiary alicyclic amines) is 1. The van der Waals surface area contributed by atoms with Crippen LogP contribution < -0.4 is 9.47 Å². The summed E-state index contributed by atoms with van der Waals surface area (Å²) in [6.45, 7) is 3.73. The zero-order valence-corrected chi connectivity index (χ0v) is 15.8. The van der Waals surface area contributed by atoms with E-state index < -0.39 is 0 Å². The van der Waals surface area contributed by atoms with Crippen LogP contribution in [0.25, 0.3) is 0 Å². The molecule has 0 N–H and O–H groups in total. The van der Waals surface area contributed by atoms with Gasteiger partial charge in [0.05, 0.1) is 32.1 Å². The number of rotatable bonds is 4. The summed E-state index contributed by atoms with van der Waals surface area (Å²) in [4.78, 5) is 2.49. The summed E-state index contributed by atoms with van der Waals surface area (Å²) in [6, 6.07) is 6.35. The van der Waals surface area contributed by atoms with Gasteiger partial charge < -0.3 is 14.2 Å². The van der Waals surface area contributed by atoms with Crippen LogP contribution in [0.2, 0.25) is 0 Å². The van der Waals surface area contributed by atoms with Gasteiger partial charge in [-0.3, -0.25) is 9.58 Å². The van der Waals surface area contributed by atoms with Gasteiger partial charge in [0.1, 0.15) is 0 Å². The van der Waals surface area contributed by atoms with Gasteiger partial charge in [-0.05, 0) is 48.6 Å². The number of fused-ring (bicyclic) bond motifs is 2. The molecular weight excluding hydrogens is 330 g/mol. The summed E-state index contributed by atoms with van der Waals surface area (Å²) in [6.07, 6.45) is 4.78. The molecule has 0 amide bonds. The molecule has 2 aliphatic rings. The summed E-state index contributed by atoms with van der Waals surface area (Å²) >= 11 is 0. The molecule has 6 heteroatoms. The molecule has 2 aliphatic heterocycles. The van der Waals surface area contributed by atoms with Crippen molar-refractivity contribution >= 4 is 0 Å². The number of methoxy groups -OCH3 is 2. The molecule has 0 aliphatic carbocycles. The number of ether oxygens (including phenoxy) is 3. The van der Waals surface area contributed by atoms with Crippen LogP contribution in [-0.2, 0) is 30.4 Å². The first-order chi connectivity index (χ1) is 12.6. The van der Waals surface area contributed by atoms with Crippen molar-refractivity contribution in [3.63, 3.8) is 0 Å². The molecule has 3 heterocycles. The largest absolute Gasteiger partial charge is 0.493 e. The number of piperidine rings is 1. The zero-order valence-electron chi connectivity index (χ0n) is 15.8. The zero-order chi connectivity index (χ0) is 18.1. The van der Waals surface area contributed by atoms with E-state index in [1.807, 2.05) is 17.9 Å². The first-order valence-corrected chi connectivity index (χ1v) is 9.24. The first-order valence-electron chi connectivity index (χ1n) is 9.24. The Morgan fingerprint density at radius 1 is 1.15 bits per heavy atom. The van der Waals surface area contributed by atoms with Gasteiger partial charge in [0.15, 0.2) is 11.5 Å². The minimum atomic E-state index is -0.198. The maximum Gasteiger partial charge on any atom is 0.161 e. The van der Waals surface area contributed by atoms with E-state index in [0.717, 1.165) is 57.0 Å². The number of benzene rings is 1. The first kappa shape index (κ1) is 17.4. The van der Waals surface area contributed by atoms with Crippen molar-refractivity contribution in [2.75, 3.05) is 33.9 Å². The molecule has 0 atom stereocenters. The Hall–Kier alpha value is -2.05. The standard InChI is InChI=1S/C20H27N3O3/c1-22-16(4-8-21-22)14-23-9-6-20(7-10-23)17-13-19(25-3)18(24-2)12-15(17)5-11-26-20/h4,8,12-13H,5-7,9-11,14H2,1-3H3. The van der Waals surface area contributed by atoms with E-state index in [1.54, 1.807) is 14.2 Å². The molecule has 1 spiro atoms. The highest BCUT2D eigenvalue weighted by molar-refractivity contribution is 5.50. The van der Waals surface area contributed by atoms with E-state index in [-0.39, 0.29) is 5.60 Å². The predicted molar refractivity (Wildman–Crippen MR) is 98.6 cm³/mol. The third-order valence-electron chi connectivity index (χ3n) is 5.82. The van der Waals surface area contributed by atoms with Gasteiger partial charge in [0, 0.05) is 32.9 Å². The molecular formula is C20H27N3O3. The maximum absolute atomic E-state index is 6.37. The number of hydrogen-bond acceptors (Lipinski definition) is 5. The Labute approximate surface area is 154 Å². The Bertz CT molecular complexity index is 779. The summed E-state index contributed by atoms with van der Waals surface area (Å²) in [5.74, 6) is 1.59. The van der Waals surface area contributed by atoms with Crippen LogP contribution in [0.1, 0.15) is 29.7 Å². The minimum absolute atomic E-state index is 0.198. The molecule has 0 unspecified atom stereocenters. The van der Waals surface area contributed by atoms with E-state index in [4.69, 9.17) is 14.2 Å². The van der Waals surface area contributed by atoms with E-state index in [1.165, 1.54) is 16.8 Å². The van der Waals surface area contributed by atoms with E-state index in [9.17, 15) is 0 Å². The lowest BCUT2D eigenvalue weighted by atomic mass is 9.79. The Morgan fingerprint density at radius 3 is 2.54 bits per heavy atom. The number of hydrogen-bond donors (Lipinski definition) is 0. The number of aromatic nitrogens is 2. The van der Waals surface area contributed by atoms with Crippen molar-refractivity contribution in [1.29, 1.82) is 0 Å². The van der Waals surface area contributed by atoms with Crippen LogP contribution in [0.3, 0.4) is 0 Å². The van der Waals surface area contributed by atoms with Crippen molar-refractivity contribution in [1.82, 2.24) is 14.7 Å². The average Bonchev–Trinajstić information content (AvgIpc) is 3.07. The molecule has 2 aromatic rings. The van der Waals surface area contributed by atoms with Gasteiger partial charge >= 0.3 is 0 Å². The van der Waals surface area contributed by atoms with Gasteiger partial charge in [0.2, 0.25) is 0 Å². The van der Waals surface area contributed by atoms with Crippen LogP contribution in [0.4, 0.5) is 0 Å². The summed E-state index contributed by atoms with van der Waals surface area (Å²) in [5, 5.41) is 4.27. The van der Waals surface area contributed by atoms with E-state index in [0.29, 0.717) is 0 Å². The van der Waals surface area contributed by atoms with Crippen LogP contribution in [-0.4, -0.2) is 48.6 Å². The van der Waals surface area contributed by atoms with Gasteiger partial charge in [-0.25, -0.2) is 0 Å². The smallest absolute Gasteiger partial charge is 0.161 e. The lowest BCUT2D eigenvalue weighted by Crippen LogP contribution is -2.46. The van der Waals surface area contributed by atoms with Crippen molar-refractivity contribution in [3.05, 3.63) is 41.2 Å². The lowest BCUT2D eigenvalue weighted by Gasteiger charge is -2.45. The average molecular weight is 357 g/mol. The van der Waals surface area contributed by atoms with Crippen LogP contribution in [0, 0.1) is 0 Å². The molecule has 6 nitrogen and oxygen atoms in total. The van der Waals surface area contributed by atoms with Crippen LogP contribution in [0.5, 0.6) is 11.5 Å². The number of aryl methyl sites for hydroxylation is 1. The monoisotopic (exact) mass is 357 g/mol. The van der Waals surface area contributed by atoms with Crippen molar-refractivity contribution in [3.8, 4) is 11.5 Å². The van der Waals surface area contributed by atoms with Gasteiger partial charge in [-0.1, -0.05) is 0 Å². The second-order valence-electron chi connectivity index (χ2n) is 7.18. The summed E-state index contributed by atoms with van der Waals surface area (Å²) in [5.41, 5.74) is 3.66. The van der Waals surface area contributed by atoms with Gasteiger partial charge in [-0.2, -0.15) is 5.10 Å². The van der Waals surface area contributed by atoms with Gasteiger partial charge in [0.25, 0.3) is 0 Å². The molecule has 1 aromatic heterocycles. The quantitative estimate of drug-likeness (QED) is 0.841. The van der Waals surface area contributed by atoms with Crippen molar-refractivity contribution in [2.45, 2.75) is 31.4 Å². The topological polar surface area (TPSA) is 48.8 Å². The molecule has 1 saturated heterocycles. The van der Waals surface area contributed by atoms with Crippen molar-refractivity contribution in [2.24, 2.45) is 7.05 Å². The molecule has 0 radical (unpaired) electrons. The molecule has 4 rings (SSSR count). The summed E-state index contributed by atoms with van der Waals surface area (Å²) < 4.78 is 19.3. The Kier molecular flexibility index (Phi) is 4.63. The molecule has 1 fully saturated rings. The normalized spacial score (nSPS) is 19.3. The van der Waals surface area contributed by atoms with Crippen LogP contribution >= 0.6 is 0 Å².